The number of carbonyl (C=O) groups is 1. The highest BCUT2D eigenvalue weighted by Crippen LogP contribution is 2.14. The Morgan fingerprint density at radius 2 is 1.86 bits per heavy atom. The Labute approximate surface area is 170 Å². The lowest BCUT2D eigenvalue weighted by Crippen LogP contribution is -2.28. The van der Waals surface area contributed by atoms with E-state index in [4.69, 9.17) is 9.47 Å². The molecule has 0 aliphatic heterocycles. The Morgan fingerprint density at radius 3 is 2.59 bits per heavy atom. The van der Waals surface area contributed by atoms with Crippen LogP contribution < -0.4 is 14.8 Å². The molecule has 1 amide bonds. The van der Waals surface area contributed by atoms with Crippen molar-refractivity contribution in [1.29, 1.82) is 0 Å². The SMILES string of the molecule is COCCNS(=O)(=O)Cc1cccc(NC(=O)CCCOc2ccc(F)cc2)c1. The van der Waals surface area contributed by atoms with Crippen LogP contribution in [0.25, 0.3) is 0 Å². The third-order valence-corrected chi connectivity index (χ3v) is 5.18. The van der Waals surface area contributed by atoms with E-state index < -0.39 is 10.0 Å². The molecule has 0 unspecified atom stereocenters. The number of hydrogen-bond donors (Lipinski definition) is 2. The number of sulfonamides is 1. The molecule has 9 heteroatoms. The Kier molecular flexibility index (Phi) is 9.04. The molecule has 0 heterocycles. The molecule has 0 spiro atoms. The highest BCUT2D eigenvalue weighted by Gasteiger charge is 2.12. The Bertz CT molecular complexity index is 888. The molecule has 158 valence electrons. The van der Waals surface area contributed by atoms with Gasteiger partial charge in [0, 0.05) is 25.8 Å². The predicted molar refractivity (Wildman–Crippen MR) is 109 cm³/mol. The van der Waals surface area contributed by atoms with E-state index in [1.165, 1.54) is 31.4 Å². The molecule has 0 saturated heterocycles. The molecular weight excluding hydrogens is 399 g/mol. The molecule has 0 aliphatic rings. The first kappa shape index (κ1) is 22.8. The summed E-state index contributed by atoms with van der Waals surface area (Å²) in [6.07, 6.45) is 0.725. The third-order valence-electron chi connectivity index (χ3n) is 3.83. The van der Waals surface area contributed by atoms with Crippen LogP contribution in [-0.2, 0) is 25.3 Å². The summed E-state index contributed by atoms with van der Waals surface area (Å²) in [6, 6.07) is 12.4. The summed E-state index contributed by atoms with van der Waals surface area (Å²) in [5.41, 5.74) is 1.09. The summed E-state index contributed by atoms with van der Waals surface area (Å²) in [5.74, 6) is -0.186. The second-order valence-corrected chi connectivity index (χ2v) is 8.11. The maximum absolute atomic E-state index is 12.8. The first-order valence-electron chi connectivity index (χ1n) is 9.11. The fraction of sp³-hybridized carbons (Fsp3) is 0.350. The number of rotatable bonds is 12. The van der Waals surface area contributed by atoms with Gasteiger partial charge in [-0.2, -0.15) is 0 Å². The van der Waals surface area contributed by atoms with Crippen LogP contribution in [0.2, 0.25) is 0 Å². The number of ether oxygens (including phenoxy) is 2. The van der Waals surface area contributed by atoms with Gasteiger partial charge in [0.1, 0.15) is 11.6 Å². The lowest BCUT2D eigenvalue weighted by atomic mass is 10.2. The average molecular weight is 424 g/mol. The zero-order valence-corrected chi connectivity index (χ0v) is 17.0. The minimum atomic E-state index is -3.48. The van der Waals surface area contributed by atoms with Gasteiger partial charge >= 0.3 is 0 Å². The van der Waals surface area contributed by atoms with Gasteiger partial charge in [-0.05, 0) is 48.4 Å². The zero-order valence-electron chi connectivity index (χ0n) is 16.2. The van der Waals surface area contributed by atoms with Crippen molar-refractivity contribution in [2.75, 3.05) is 32.2 Å². The molecular formula is C20H25FN2O5S. The van der Waals surface area contributed by atoms with E-state index in [-0.39, 0.29) is 30.4 Å². The lowest BCUT2D eigenvalue weighted by molar-refractivity contribution is -0.116. The number of carbonyl (C=O) groups excluding carboxylic acids is 1. The number of amides is 1. The van der Waals surface area contributed by atoms with Crippen LogP contribution in [0.3, 0.4) is 0 Å². The molecule has 2 N–H and O–H groups in total. The van der Waals surface area contributed by atoms with Crippen molar-refractivity contribution < 1.29 is 27.1 Å². The van der Waals surface area contributed by atoms with Gasteiger partial charge in [-0.25, -0.2) is 17.5 Å². The maximum atomic E-state index is 12.8. The molecule has 0 aromatic heterocycles. The van der Waals surface area contributed by atoms with Crippen LogP contribution in [0.4, 0.5) is 10.1 Å². The molecule has 0 atom stereocenters. The summed E-state index contributed by atoms with van der Waals surface area (Å²) in [6.45, 7) is 0.819. The van der Waals surface area contributed by atoms with E-state index in [0.717, 1.165) is 0 Å². The minimum Gasteiger partial charge on any atom is -0.494 e. The summed E-state index contributed by atoms with van der Waals surface area (Å²) in [5, 5.41) is 2.75. The van der Waals surface area contributed by atoms with E-state index >= 15 is 0 Å². The van der Waals surface area contributed by atoms with Crippen LogP contribution in [0, 0.1) is 5.82 Å². The largest absolute Gasteiger partial charge is 0.494 e. The summed E-state index contributed by atoms with van der Waals surface area (Å²) >= 11 is 0. The van der Waals surface area contributed by atoms with Crippen LogP contribution in [-0.4, -0.2) is 41.2 Å². The van der Waals surface area contributed by atoms with E-state index in [2.05, 4.69) is 10.0 Å². The molecule has 0 fully saturated rings. The zero-order chi connectivity index (χ0) is 21.1. The second kappa shape index (κ2) is 11.5. The van der Waals surface area contributed by atoms with E-state index in [1.807, 2.05) is 0 Å². The van der Waals surface area contributed by atoms with Crippen LogP contribution in [0.1, 0.15) is 18.4 Å². The second-order valence-electron chi connectivity index (χ2n) is 6.30. The van der Waals surface area contributed by atoms with E-state index in [1.54, 1.807) is 24.3 Å². The van der Waals surface area contributed by atoms with Crippen molar-refractivity contribution in [3.8, 4) is 5.75 Å². The van der Waals surface area contributed by atoms with Gasteiger partial charge in [-0.15, -0.1) is 0 Å². The standard InChI is InChI=1S/C20H25FN2O5S/c1-27-13-11-22-29(25,26)15-16-4-2-5-18(14-16)23-20(24)6-3-12-28-19-9-7-17(21)8-10-19/h2,4-5,7-10,14,22H,3,6,11-13,15H2,1H3,(H,23,24). The molecule has 2 rings (SSSR count). The van der Waals surface area contributed by atoms with Crippen molar-refractivity contribution in [3.63, 3.8) is 0 Å². The van der Waals surface area contributed by atoms with Crippen molar-refractivity contribution in [3.05, 3.63) is 59.9 Å². The number of benzene rings is 2. The summed E-state index contributed by atoms with van der Waals surface area (Å²) < 4.78 is 49.6. The van der Waals surface area contributed by atoms with Crippen LogP contribution in [0.5, 0.6) is 5.75 Å². The topological polar surface area (TPSA) is 93.7 Å². The Morgan fingerprint density at radius 1 is 1.10 bits per heavy atom. The van der Waals surface area contributed by atoms with Crippen molar-refractivity contribution in [1.82, 2.24) is 4.72 Å². The predicted octanol–water partition coefficient (Wildman–Crippen LogP) is 2.69. The monoisotopic (exact) mass is 424 g/mol. The van der Waals surface area contributed by atoms with Crippen LogP contribution in [0.15, 0.2) is 48.5 Å². The highest BCUT2D eigenvalue weighted by molar-refractivity contribution is 7.88. The Balaban J connectivity index is 1.77. The van der Waals surface area contributed by atoms with Gasteiger partial charge < -0.3 is 14.8 Å². The molecule has 29 heavy (non-hydrogen) atoms. The van der Waals surface area contributed by atoms with Gasteiger partial charge in [0.15, 0.2) is 0 Å². The number of methoxy groups -OCH3 is 1. The first-order valence-corrected chi connectivity index (χ1v) is 10.8. The molecule has 0 aliphatic carbocycles. The number of hydrogen-bond acceptors (Lipinski definition) is 5. The number of nitrogens with one attached hydrogen (secondary N) is 2. The minimum absolute atomic E-state index is 0.189. The van der Waals surface area contributed by atoms with Crippen molar-refractivity contribution in [2.45, 2.75) is 18.6 Å². The van der Waals surface area contributed by atoms with Gasteiger partial charge in [-0.1, -0.05) is 12.1 Å². The number of anilines is 1. The fourth-order valence-electron chi connectivity index (χ4n) is 2.49. The molecule has 0 bridgehead atoms. The van der Waals surface area contributed by atoms with Gasteiger partial charge in [0.2, 0.25) is 15.9 Å². The summed E-state index contributed by atoms with van der Waals surface area (Å²) in [7, 11) is -1.99. The van der Waals surface area contributed by atoms with Gasteiger partial charge in [0.25, 0.3) is 0 Å². The smallest absolute Gasteiger partial charge is 0.224 e. The van der Waals surface area contributed by atoms with Crippen molar-refractivity contribution in [2.24, 2.45) is 0 Å². The molecule has 0 radical (unpaired) electrons. The van der Waals surface area contributed by atoms with E-state index in [9.17, 15) is 17.6 Å². The highest BCUT2D eigenvalue weighted by atomic mass is 32.2. The number of halogens is 1. The quantitative estimate of drug-likeness (QED) is 0.511. The molecule has 7 nitrogen and oxygen atoms in total. The maximum Gasteiger partial charge on any atom is 0.224 e. The first-order chi connectivity index (χ1) is 13.9. The summed E-state index contributed by atoms with van der Waals surface area (Å²) in [4.78, 5) is 12.1. The lowest BCUT2D eigenvalue weighted by Gasteiger charge is -2.09. The molecule has 2 aromatic carbocycles. The fourth-order valence-corrected chi connectivity index (χ4v) is 3.60. The average Bonchev–Trinajstić information content (AvgIpc) is 2.66. The normalized spacial score (nSPS) is 11.2. The van der Waals surface area contributed by atoms with Crippen LogP contribution >= 0.6 is 0 Å². The third kappa shape index (κ3) is 9.03. The van der Waals surface area contributed by atoms with Crippen molar-refractivity contribution >= 4 is 21.6 Å². The van der Waals surface area contributed by atoms with E-state index in [0.29, 0.717) is 36.6 Å². The van der Waals surface area contributed by atoms with Gasteiger partial charge in [0.05, 0.1) is 19.0 Å². The molecule has 2 aromatic rings. The molecule has 0 saturated carbocycles. The van der Waals surface area contributed by atoms with Gasteiger partial charge in [-0.3, -0.25) is 4.79 Å². The Hall–Kier alpha value is -2.49.